The minimum Gasteiger partial charge on any atom is -0.497 e. The average molecular weight is 449 g/mol. The van der Waals surface area contributed by atoms with Gasteiger partial charge in [-0.1, -0.05) is 0 Å². The maximum absolute atomic E-state index is 14.6. The Hall–Kier alpha value is -2.74. The predicted molar refractivity (Wildman–Crippen MR) is 114 cm³/mol. The molecule has 1 aliphatic carbocycles. The quantitative estimate of drug-likeness (QED) is 0.598. The van der Waals surface area contributed by atoms with Crippen molar-refractivity contribution in [1.29, 1.82) is 0 Å². The summed E-state index contributed by atoms with van der Waals surface area (Å²) in [5, 5.41) is 10.3. The standard InChI is InChI=1S/C24H29F2NO5/c1-24(26,23(29)31-3)22(28)17-10-11-27-21(12-17)32-14-15-4-6-16(7-5-15)19-13-18(30-2)8-9-20(19)25/h8-13,15-16,22,28H,4-7,14H2,1-3H3/t15?,16?,22-,24?/m0/s1. The summed E-state index contributed by atoms with van der Waals surface area (Å²) in [6, 6.07) is 7.67. The number of nitrogens with zero attached hydrogens (tertiary/aromatic N) is 1. The summed E-state index contributed by atoms with van der Waals surface area (Å²) in [6.45, 7) is 1.37. The van der Waals surface area contributed by atoms with Crippen LogP contribution in [0.2, 0.25) is 0 Å². The van der Waals surface area contributed by atoms with Crippen LogP contribution in [0.1, 0.15) is 55.8 Å². The van der Waals surface area contributed by atoms with Crippen molar-refractivity contribution in [3.63, 3.8) is 0 Å². The molecule has 8 heteroatoms. The lowest BCUT2D eigenvalue weighted by Crippen LogP contribution is -2.38. The molecule has 0 saturated heterocycles. The van der Waals surface area contributed by atoms with Gasteiger partial charge in [-0.05, 0) is 79.8 Å². The zero-order chi connectivity index (χ0) is 23.3. The number of pyridine rings is 1. The lowest BCUT2D eigenvalue weighted by molar-refractivity contribution is -0.161. The molecule has 0 aliphatic heterocycles. The molecule has 1 aromatic carbocycles. The van der Waals surface area contributed by atoms with Crippen LogP contribution in [-0.4, -0.2) is 42.6 Å². The van der Waals surface area contributed by atoms with Crippen LogP contribution in [0.3, 0.4) is 0 Å². The molecule has 6 nitrogen and oxygen atoms in total. The van der Waals surface area contributed by atoms with Crippen molar-refractivity contribution >= 4 is 5.97 Å². The van der Waals surface area contributed by atoms with Crippen LogP contribution in [0.5, 0.6) is 11.6 Å². The third-order valence-electron chi connectivity index (χ3n) is 6.13. The van der Waals surface area contributed by atoms with E-state index in [9.17, 15) is 18.7 Å². The Balaban J connectivity index is 1.56. The molecule has 3 rings (SSSR count). The maximum atomic E-state index is 14.6. The molecule has 1 saturated carbocycles. The fourth-order valence-corrected chi connectivity index (χ4v) is 4.10. The number of aliphatic hydroxyl groups is 1. The number of carbonyl (C=O) groups excluding carboxylic acids is 1. The molecule has 1 aliphatic rings. The molecule has 2 aromatic rings. The lowest BCUT2D eigenvalue weighted by Gasteiger charge is -2.29. The summed E-state index contributed by atoms with van der Waals surface area (Å²) in [4.78, 5) is 15.7. The van der Waals surface area contributed by atoms with Crippen molar-refractivity contribution in [1.82, 2.24) is 4.98 Å². The molecular formula is C24H29F2NO5. The van der Waals surface area contributed by atoms with Crippen LogP contribution in [-0.2, 0) is 9.53 Å². The van der Waals surface area contributed by atoms with E-state index in [1.54, 1.807) is 19.2 Å². The van der Waals surface area contributed by atoms with Crippen LogP contribution in [0.25, 0.3) is 0 Å². The second-order valence-corrected chi connectivity index (χ2v) is 8.31. The summed E-state index contributed by atoms with van der Waals surface area (Å²) in [5.74, 6) is -0.0690. The number of hydrogen-bond donors (Lipinski definition) is 1. The number of ether oxygens (including phenoxy) is 3. The molecule has 0 amide bonds. The van der Waals surface area contributed by atoms with Crippen molar-refractivity contribution in [2.24, 2.45) is 5.92 Å². The van der Waals surface area contributed by atoms with Gasteiger partial charge in [0, 0.05) is 12.3 Å². The second-order valence-electron chi connectivity index (χ2n) is 8.31. The molecule has 1 unspecified atom stereocenters. The molecule has 1 fully saturated rings. The summed E-state index contributed by atoms with van der Waals surface area (Å²) in [7, 11) is 2.63. The summed E-state index contributed by atoms with van der Waals surface area (Å²) >= 11 is 0. The van der Waals surface area contributed by atoms with E-state index in [0.717, 1.165) is 39.7 Å². The van der Waals surface area contributed by atoms with E-state index >= 15 is 0 Å². The predicted octanol–water partition coefficient (Wildman–Crippen LogP) is 4.52. The van der Waals surface area contributed by atoms with Gasteiger partial charge in [0.05, 0.1) is 20.8 Å². The number of aliphatic hydroxyl groups excluding tert-OH is 1. The van der Waals surface area contributed by atoms with Gasteiger partial charge in [0.15, 0.2) is 0 Å². The zero-order valence-electron chi connectivity index (χ0n) is 18.5. The molecule has 0 bridgehead atoms. The second kappa shape index (κ2) is 10.3. The Labute approximate surface area is 186 Å². The molecule has 0 radical (unpaired) electrons. The molecule has 1 N–H and O–H groups in total. The Morgan fingerprint density at radius 1 is 1.22 bits per heavy atom. The highest BCUT2D eigenvalue weighted by Gasteiger charge is 2.43. The highest BCUT2D eigenvalue weighted by molar-refractivity contribution is 5.79. The number of rotatable bonds is 8. The van der Waals surface area contributed by atoms with Crippen molar-refractivity contribution in [2.75, 3.05) is 20.8 Å². The molecule has 1 heterocycles. The number of esters is 1. The van der Waals surface area contributed by atoms with E-state index in [2.05, 4.69) is 9.72 Å². The number of methoxy groups -OCH3 is 2. The Bertz CT molecular complexity index is 928. The fraction of sp³-hybridized carbons (Fsp3) is 0.500. The molecule has 1 aromatic heterocycles. The van der Waals surface area contributed by atoms with Crippen LogP contribution >= 0.6 is 0 Å². The number of benzene rings is 1. The number of aromatic nitrogens is 1. The van der Waals surface area contributed by atoms with Crippen molar-refractivity contribution < 1.29 is 32.9 Å². The number of halogens is 2. The van der Waals surface area contributed by atoms with Crippen molar-refractivity contribution in [2.45, 2.75) is 50.3 Å². The van der Waals surface area contributed by atoms with E-state index in [4.69, 9.17) is 9.47 Å². The third-order valence-corrected chi connectivity index (χ3v) is 6.13. The Morgan fingerprint density at radius 2 is 1.94 bits per heavy atom. The first kappa shape index (κ1) is 23.9. The number of alkyl halides is 1. The van der Waals surface area contributed by atoms with Gasteiger partial charge in [0.25, 0.3) is 0 Å². The average Bonchev–Trinajstić information content (AvgIpc) is 2.82. The molecule has 2 atom stereocenters. The largest absolute Gasteiger partial charge is 0.497 e. The van der Waals surface area contributed by atoms with E-state index in [1.165, 1.54) is 24.4 Å². The minimum absolute atomic E-state index is 0.138. The van der Waals surface area contributed by atoms with E-state index in [1.807, 2.05) is 0 Å². The highest BCUT2D eigenvalue weighted by atomic mass is 19.1. The van der Waals surface area contributed by atoms with Gasteiger partial charge in [-0.15, -0.1) is 0 Å². The van der Waals surface area contributed by atoms with Gasteiger partial charge in [-0.25, -0.2) is 18.6 Å². The summed E-state index contributed by atoms with van der Waals surface area (Å²) in [5.41, 5.74) is -1.74. The lowest BCUT2D eigenvalue weighted by atomic mass is 9.79. The van der Waals surface area contributed by atoms with Crippen LogP contribution < -0.4 is 9.47 Å². The summed E-state index contributed by atoms with van der Waals surface area (Å²) < 4.78 is 44.3. The van der Waals surface area contributed by atoms with Gasteiger partial charge in [0.2, 0.25) is 11.5 Å². The first-order valence-electron chi connectivity index (χ1n) is 10.6. The normalized spacial score (nSPS) is 21.3. The van der Waals surface area contributed by atoms with Crippen LogP contribution in [0, 0.1) is 11.7 Å². The number of carbonyl (C=O) groups is 1. The third kappa shape index (κ3) is 5.35. The van der Waals surface area contributed by atoms with E-state index < -0.39 is 17.7 Å². The van der Waals surface area contributed by atoms with Gasteiger partial charge in [-0.3, -0.25) is 0 Å². The smallest absolute Gasteiger partial charge is 0.346 e. The first-order chi connectivity index (χ1) is 15.3. The highest BCUT2D eigenvalue weighted by Crippen LogP contribution is 2.38. The molecule has 174 valence electrons. The summed E-state index contributed by atoms with van der Waals surface area (Å²) in [6.07, 6.45) is 3.09. The molecular weight excluding hydrogens is 420 g/mol. The van der Waals surface area contributed by atoms with Crippen molar-refractivity contribution in [3.05, 3.63) is 53.5 Å². The first-order valence-corrected chi connectivity index (χ1v) is 10.6. The fourth-order valence-electron chi connectivity index (χ4n) is 4.10. The number of hydrogen-bond acceptors (Lipinski definition) is 6. The topological polar surface area (TPSA) is 77.9 Å². The van der Waals surface area contributed by atoms with Gasteiger partial charge in [-0.2, -0.15) is 0 Å². The maximum Gasteiger partial charge on any atom is 0.346 e. The van der Waals surface area contributed by atoms with E-state index in [-0.39, 0.29) is 29.1 Å². The Kier molecular flexibility index (Phi) is 7.66. The SMILES string of the molecule is COC(=O)C(C)(F)[C@@H](O)c1ccnc(OCC2CCC(c3cc(OC)ccc3F)CC2)c1. The molecule has 0 spiro atoms. The molecule has 32 heavy (non-hydrogen) atoms. The Morgan fingerprint density at radius 3 is 2.59 bits per heavy atom. The van der Waals surface area contributed by atoms with Crippen LogP contribution in [0.15, 0.2) is 36.5 Å². The van der Waals surface area contributed by atoms with Crippen LogP contribution in [0.4, 0.5) is 8.78 Å². The van der Waals surface area contributed by atoms with Crippen molar-refractivity contribution in [3.8, 4) is 11.6 Å². The minimum atomic E-state index is -2.60. The van der Waals surface area contributed by atoms with Gasteiger partial charge >= 0.3 is 5.97 Å². The van der Waals surface area contributed by atoms with Gasteiger partial charge < -0.3 is 19.3 Å². The van der Waals surface area contributed by atoms with E-state index in [0.29, 0.717) is 17.9 Å². The monoisotopic (exact) mass is 449 g/mol. The zero-order valence-corrected chi connectivity index (χ0v) is 18.5. The van der Waals surface area contributed by atoms with Gasteiger partial charge in [0.1, 0.15) is 17.7 Å².